The molecular formula is C12H17BrN2O3S. The highest BCUT2D eigenvalue weighted by molar-refractivity contribution is 9.10. The van der Waals surface area contributed by atoms with Gasteiger partial charge < -0.3 is 15.8 Å². The predicted molar refractivity (Wildman–Crippen MR) is 79.3 cm³/mol. The second-order valence-corrected chi connectivity index (χ2v) is 6.56. The average molecular weight is 349 g/mol. The van der Waals surface area contributed by atoms with Crippen LogP contribution in [-0.2, 0) is 20.3 Å². The molecule has 1 rings (SSSR count). The second-order valence-electron chi connectivity index (χ2n) is 3.91. The van der Waals surface area contributed by atoms with Crippen molar-refractivity contribution in [1.29, 1.82) is 0 Å². The number of ether oxygens (including phenoxy) is 1. The fourth-order valence-electron chi connectivity index (χ4n) is 1.39. The molecule has 0 radical (unpaired) electrons. The summed E-state index contributed by atoms with van der Waals surface area (Å²) in [5, 5.41) is 1.99. The normalized spacial score (nSPS) is 13.8. The third-order valence-electron chi connectivity index (χ3n) is 2.49. The molecule has 0 aliphatic carbocycles. The lowest BCUT2D eigenvalue weighted by Gasteiger charge is -2.13. The standard InChI is InChI=1S/C12H17BrN2O3S/c1-8(12(16)15-5-6-18-2)19(17)11-7-9(13)3-4-10(11)14/h3-4,7-8H,5-6,14H2,1-2H3,(H,15,16). The number of carbonyl (C=O) groups is 1. The molecule has 0 saturated heterocycles. The molecule has 5 nitrogen and oxygen atoms in total. The van der Waals surface area contributed by atoms with Gasteiger partial charge in [-0.25, -0.2) is 0 Å². The Balaban J connectivity index is 2.76. The maximum absolute atomic E-state index is 12.3. The molecule has 106 valence electrons. The first-order chi connectivity index (χ1) is 8.97. The number of nitrogen functional groups attached to an aromatic ring is 1. The number of amides is 1. The maximum Gasteiger partial charge on any atom is 0.235 e. The Morgan fingerprint density at radius 1 is 1.58 bits per heavy atom. The third-order valence-corrected chi connectivity index (χ3v) is 4.62. The monoisotopic (exact) mass is 348 g/mol. The van der Waals surface area contributed by atoms with Crippen LogP contribution < -0.4 is 11.1 Å². The van der Waals surface area contributed by atoms with Gasteiger partial charge in [0.25, 0.3) is 0 Å². The summed E-state index contributed by atoms with van der Waals surface area (Å²) in [6, 6.07) is 5.09. The highest BCUT2D eigenvalue weighted by Gasteiger charge is 2.22. The van der Waals surface area contributed by atoms with Crippen LogP contribution in [0.15, 0.2) is 27.6 Å². The minimum Gasteiger partial charge on any atom is -0.398 e. The van der Waals surface area contributed by atoms with Gasteiger partial charge in [-0.15, -0.1) is 0 Å². The lowest BCUT2D eigenvalue weighted by Crippen LogP contribution is -2.37. The summed E-state index contributed by atoms with van der Waals surface area (Å²) in [7, 11) is 0.0581. The van der Waals surface area contributed by atoms with Crippen molar-refractivity contribution in [3.05, 3.63) is 22.7 Å². The van der Waals surface area contributed by atoms with Crippen molar-refractivity contribution in [2.45, 2.75) is 17.1 Å². The minimum absolute atomic E-state index is 0.283. The molecule has 0 fully saturated rings. The second kappa shape index (κ2) is 7.62. The van der Waals surface area contributed by atoms with Crippen LogP contribution in [0.5, 0.6) is 0 Å². The number of anilines is 1. The van der Waals surface area contributed by atoms with E-state index in [9.17, 15) is 9.00 Å². The molecular weight excluding hydrogens is 332 g/mol. The molecule has 1 aromatic carbocycles. The molecule has 2 atom stereocenters. The molecule has 0 aliphatic rings. The van der Waals surface area contributed by atoms with E-state index in [-0.39, 0.29) is 5.91 Å². The summed E-state index contributed by atoms with van der Waals surface area (Å²) in [5.74, 6) is -0.283. The predicted octanol–water partition coefficient (Wildman–Crippen LogP) is 1.29. The molecule has 0 saturated carbocycles. The topological polar surface area (TPSA) is 81.4 Å². The van der Waals surface area contributed by atoms with Gasteiger partial charge in [-0.2, -0.15) is 0 Å². The van der Waals surface area contributed by atoms with E-state index in [1.165, 1.54) is 0 Å². The van der Waals surface area contributed by atoms with Gasteiger partial charge in [0.15, 0.2) is 0 Å². The van der Waals surface area contributed by atoms with Crippen LogP contribution in [0.25, 0.3) is 0 Å². The molecule has 1 amide bonds. The van der Waals surface area contributed by atoms with Crippen LogP contribution in [0.1, 0.15) is 6.92 Å². The highest BCUT2D eigenvalue weighted by atomic mass is 79.9. The number of nitrogens with one attached hydrogen (secondary N) is 1. The number of methoxy groups -OCH3 is 1. The first-order valence-corrected chi connectivity index (χ1v) is 7.70. The molecule has 0 spiro atoms. The van der Waals surface area contributed by atoms with E-state index in [1.807, 2.05) is 0 Å². The maximum atomic E-state index is 12.3. The zero-order chi connectivity index (χ0) is 14.4. The van der Waals surface area contributed by atoms with Crippen molar-refractivity contribution in [3.63, 3.8) is 0 Å². The summed E-state index contributed by atoms with van der Waals surface area (Å²) < 4.78 is 17.9. The smallest absolute Gasteiger partial charge is 0.235 e. The van der Waals surface area contributed by atoms with Gasteiger partial charge in [0, 0.05) is 23.8 Å². The number of nitrogens with two attached hydrogens (primary N) is 1. The molecule has 2 unspecified atom stereocenters. The first-order valence-electron chi connectivity index (χ1n) is 5.69. The van der Waals surface area contributed by atoms with E-state index in [4.69, 9.17) is 10.5 Å². The fraction of sp³-hybridized carbons (Fsp3) is 0.417. The van der Waals surface area contributed by atoms with E-state index in [0.29, 0.717) is 23.7 Å². The summed E-state index contributed by atoms with van der Waals surface area (Å²) in [4.78, 5) is 12.3. The Bertz CT molecular complexity index is 482. The number of rotatable bonds is 6. The minimum atomic E-state index is -1.49. The van der Waals surface area contributed by atoms with Gasteiger partial charge in [-0.1, -0.05) is 15.9 Å². The summed E-state index contributed by atoms with van der Waals surface area (Å²) in [6.45, 7) is 2.42. The molecule has 0 aromatic heterocycles. The van der Waals surface area contributed by atoms with Gasteiger partial charge in [-0.3, -0.25) is 9.00 Å². The van der Waals surface area contributed by atoms with E-state index >= 15 is 0 Å². The Morgan fingerprint density at radius 2 is 2.26 bits per heavy atom. The van der Waals surface area contributed by atoms with Crippen LogP contribution in [-0.4, -0.2) is 35.6 Å². The van der Waals surface area contributed by atoms with Gasteiger partial charge in [0.1, 0.15) is 5.25 Å². The SMILES string of the molecule is COCCNC(=O)C(C)S(=O)c1cc(Br)ccc1N. The largest absolute Gasteiger partial charge is 0.398 e. The quantitative estimate of drug-likeness (QED) is 0.599. The van der Waals surface area contributed by atoms with Crippen LogP contribution >= 0.6 is 15.9 Å². The van der Waals surface area contributed by atoms with Gasteiger partial charge in [0.2, 0.25) is 5.91 Å². The van der Waals surface area contributed by atoms with Crippen molar-refractivity contribution >= 4 is 38.3 Å². The Hall–Kier alpha value is -0.920. The Labute approximate surface area is 123 Å². The Kier molecular flexibility index (Phi) is 6.47. The summed E-state index contributed by atoms with van der Waals surface area (Å²) in [6.07, 6.45) is 0. The summed E-state index contributed by atoms with van der Waals surface area (Å²) in [5.41, 5.74) is 6.20. The fourth-order valence-corrected chi connectivity index (χ4v) is 3.10. The van der Waals surface area contributed by atoms with Crippen molar-refractivity contribution in [2.24, 2.45) is 0 Å². The molecule has 0 bridgehead atoms. The van der Waals surface area contributed by atoms with Crippen molar-refractivity contribution < 1.29 is 13.7 Å². The lowest BCUT2D eigenvalue weighted by molar-refractivity contribution is -0.120. The number of halogens is 1. The zero-order valence-electron chi connectivity index (χ0n) is 10.8. The van der Waals surface area contributed by atoms with Crippen molar-refractivity contribution in [3.8, 4) is 0 Å². The third kappa shape index (κ3) is 4.59. The number of carbonyl (C=O) groups excluding carboxylic acids is 1. The van der Waals surface area contributed by atoms with E-state index in [1.54, 1.807) is 32.2 Å². The molecule has 7 heteroatoms. The Morgan fingerprint density at radius 3 is 2.89 bits per heavy atom. The van der Waals surface area contributed by atoms with Crippen molar-refractivity contribution in [1.82, 2.24) is 5.32 Å². The van der Waals surface area contributed by atoms with E-state index in [2.05, 4.69) is 21.2 Å². The molecule has 1 aromatic rings. The van der Waals surface area contributed by atoms with Crippen LogP contribution in [0.3, 0.4) is 0 Å². The van der Waals surface area contributed by atoms with Crippen LogP contribution in [0.2, 0.25) is 0 Å². The van der Waals surface area contributed by atoms with Gasteiger partial charge >= 0.3 is 0 Å². The van der Waals surface area contributed by atoms with Gasteiger partial charge in [-0.05, 0) is 25.1 Å². The highest BCUT2D eigenvalue weighted by Crippen LogP contribution is 2.23. The van der Waals surface area contributed by atoms with E-state index < -0.39 is 16.0 Å². The molecule has 19 heavy (non-hydrogen) atoms. The first kappa shape index (κ1) is 16.1. The summed E-state index contributed by atoms with van der Waals surface area (Å²) >= 11 is 3.29. The van der Waals surface area contributed by atoms with Crippen molar-refractivity contribution in [2.75, 3.05) is 26.0 Å². The van der Waals surface area contributed by atoms with Crippen LogP contribution in [0.4, 0.5) is 5.69 Å². The molecule has 3 N–H and O–H groups in total. The zero-order valence-corrected chi connectivity index (χ0v) is 13.2. The molecule has 0 aliphatic heterocycles. The number of hydrogen-bond donors (Lipinski definition) is 2. The average Bonchev–Trinajstić information content (AvgIpc) is 2.40. The number of hydrogen-bond acceptors (Lipinski definition) is 4. The number of benzene rings is 1. The van der Waals surface area contributed by atoms with E-state index in [0.717, 1.165) is 4.47 Å². The van der Waals surface area contributed by atoms with Gasteiger partial charge in [0.05, 0.1) is 22.3 Å². The lowest BCUT2D eigenvalue weighted by atomic mass is 10.3. The molecule has 0 heterocycles. The van der Waals surface area contributed by atoms with Crippen LogP contribution in [0, 0.1) is 0 Å².